The second-order valence-electron chi connectivity index (χ2n) is 14.3. The lowest BCUT2D eigenvalue weighted by molar-refractivity contribution is -0.133. The summed E-state index contributed by atoms with van der Waals surface area (Å²) in [6.07, 6.45) is 3.40. The van der Waals surface area contributed by atoms with Gasteiger partial charge in [0.25, 0.3) is 0 Å². The highest BCUT2D eigenvalue weighted by molar-refractivity contribution is 7.98. The van der Waals surface area contributed by atoms with Crippen molar-refractivity contribution in [3.8, 4) is 0 Å². The van der Waals surface area contributed by atoms with Crippen LogP contribution in [-0.4, -0.2) is 74.8 Å². The summed E-state index contributed by atoms with van der Waals surface area (Å²) in [7, 11) is 0. The molecule has 0 aliphatic heterocycles. The Hall–Kier alpha value is -3.32. The number of rotatable bonds is 21. The van der Waals surface area contributed by atoms with Gasteiger partial charge in [0.1, 0.15) is 17.8 Å². The van der Waals surface area contributed by atoms with Gasteiger partial charge in [0.05, 0.1) is 43.1 Å². The van der Waals surface area contributed by atoms with E-state index in [2.05, 4.69) is 26.4 Å². The summed E-state index contributed by atoms with van der Waals surface area (Å²) in [5, 5.41) is 27.6. The molecule has 5 N–H and O–H groups in total. The number of aliphatic hydroxyl groups excluding tert-OH is 1. The highest BCUT2D eigenvalue weighted by atomic mass is 32.2. The van der Waals surface area contributed by atoms with Crippen LogP contribution in [0.1, 0.15) is 84.9 Å². The van der Waals surface area contributed by atoms with Crippen molar-refractivity contribution in [2.24, 2.45) is 29.6 Å². The number of amides is 4. The van der Waals surface area contributed by atoms with Gasteiger partial charge in [0.2, 0.25) is 23.6 Å². The van der Waals surface area contributed by atoms with Crippen molar-refractivity contribution in [2.45, 2.75) is 119 Å². The Bertz CT molecular complexity index is 1330. The van der Waals surface area contributed by atoms with Crippen molar-refractivity contribution in [3.63, 3.8) is 0 Å². The predicted octanol–water partition coefficient (Wildman–Crippen LogP) is 3.98. The van der Waals surface area contributed by atoms with Gasteiger partial charge >= 0.3 is 0 Å². The van der Waals surface area contributed by atoms with E-state index in [1.165, 1.54) is 6.26 Å². The molecule has 0 saturated heterocycles. The highest BCUT2D eigenvalue weighted by Gasteiger charge is 2.33. The molecule has 0 aliphatic rings. The molecule has 0 fully saturated rings. The van der Waals surface area contributed by atoms with E-state index >= 15 is 0 Å². The Labute approximate surface area is 296 Å². The van der Waals surface area contributed by atoms with Gasteiger partial charge in [0.15, 0.2) is 0 Å². The fourth-order valence-electron chi connectivity index (χ4n) is 5.69. The summed E-state index contributed by atoms with van der Waals surface area (Å²) in [5.41, 5.74) is 1.85. The fourth-order valence-corrected chi connectivity index (χ4v) is 6.16. The molecule has 2 aromatic heterocycles. The van der Waals surface area contributed by atoms with E-state index in [1.54, 1.807) is 30.8 Å². The maximum atomic E-state index is 13.8. The minimum absolute atomic E-state index is 0.00805. The molecule has 2 aromatic rings. The fraction of sp³-hybridized carbons (Fsp3) is 0.694. The Morgan fingerprint density at radius 1 is 0.918 bits per heavy atom. The van der Waals surface area contributed by atoms with Crippen LogP contribution < -0.4 is 21.3 Å². The van der Waals surface area contributed by atoms with E-state index in [0.29, 0.717) is 30.9 Å². The Morgan fingerprint density at radius 2 is 1.61 bits per heavy atom. The molecule has 13 heteroatoms. The summed E-state index contributed by atoms with van der Waals surface area (Å²) >= 11 is 1.58. The monoisotopic (exact) mass is 704 g/mol. The van der Waals surface area contributed by atoms with Gasteiger partial charge in [-0.1, -0.05) is 48.5 Å². The SMILES string of the molecule is CSCC[C@H](NC(=O)[C@H](Cn1nc(C)cc1C)C(C)C)C(=O)N[C@@H](CC(C)C)[C@@H](O)C[C@@H](C)C(=O)N[C@H](C(=O)NCc1ccco1)C(C)C. The van der Waals surface area contributed by atoms with Gasteiger partial charge in [-0.3, -0.25) is 23.9 Å². The molecule has 0 aliphatic carbocycles. The van der Waals surface area contributed by atoms with E-state index < -0.39 is 36.1 Å². The number of hydrogen-bond acceptors (Lipinski definition) is 8. The molecule has 6 atom stereocenters. The molecule has 276 valence electrons. The number of aliphatic hydroxyl groups is 1. The van der Waals surface area contributed by atoms with E-state index in [9.17, 15) is 24.3 Å². The van der Waals surface area contributed by atoms with E-state index in [-0.39, 0.29) is 54.3 Å². The van der Waals surface area contributed by atoms with Gasteiger partial charge in [-0.15, -0.1) is 0 Å². The van der Waals surface area contributed by atoms with Crippen LogP contribution in [0.2, 0.25) is 0 Å². The first-order valence-corrected chi connectivity index (χ1v) is 18.8. The molecule has 0 radical (unpaired) electrons. The van der Waals surface area contributed by atoms with Crippen LogP contribution in [0.15, 0.2) is 28.9 Å². The molecule has 2 rings (SSSR count). The van der Waals surface area contributed by atoms with Crippen LogP contribution in [0.25, 0.3) is 0 Å². The van der Waals surface area contributed by atoms with Crippen LogP contribution in [-0.2, 0) is 32.3 Å². The number of aryl methyl sites for hydroxylation is 2. The van der Waals surface area contributed by atoms with Crippen LogP contribution in [0.4, 0.5) is 0 Å². The third-order valence-electron chi connectivity index (χ3n) is 8.68. The zero-order valence-corrected chi connectivity index (χ0v) is 31.9. The Morgan fingerprint density at radius 3 is 2.14 bits per heavy atom. The molecule has 0 saturated carbocycles. The van der Waals surface area contributed by atoms with E-state index in [4.69, 9.17) is 4.42 Å². The van der Waals surface area contributed by atoms with Crippen molar-refractivity contribution in [1.82, 2.24) is 31.0 Å². The largest absolute Gasteiger partial charge is 0.467 e. The quantitative estimate of drug-likeness (QED) is 0.130. The molecule has 12 nitrogen and oxygen atoms in total. The minimum atomic E-state index is -1.04. The Kier molecular flexibility index (Phi) is 17.4. The molecule has 2 heterocycles. The molecule has 49 heavy (non-hydrogen) atoms. The third-order valence-corrected chi connectivity index (χ3v) is 9.33. The number of aromatic nitrogens is 2. The molecular formula is C36H60N6O6S. The number of nitrogens with zero attached hydrogens (tertiary/aromatic N) is 2. The van der Waals surface area contributed by atoms with Crippen molar-refractivity contribution in [2.75, 3.05) is 12.0 Å². The first kappa shape index (κ1) is 41.8. The maximum Gasteiger partial charge on any atom is 0.243 e. The second-order valence-corrected chi connectivity index (χ2v) is 15.3. The van der Waals surface area contributed by atoms with Gasteiger partial charge < -0.3 is 30.8 Å². The average molecular weight is 705 g/mol. The average Bonchev–Trinajstić information content (AvgIpc) is 3.66. The normalized spacial score (nSPS) is 15.4. The number of nitrogens with one attached hydrogen (secondary N) is 4. The van der Waals surface area contributed by atoms with Crippen LogP contribution in [0, 0.1) is 43.4 Å². The van der Waals surface area contributed by atoms with Crippen LogP contribution in [0.3, 0.4) is 0 Å². The second kappa shape index (κ2) is 20.4. The number of furan rings is 1. The standard InChI is InChI=1S/C36H60N6O6S/c1-21(2)16-30(31(43)17-24(7)33(44)40-32(23(5)6)36(47)37-19-27-12-11-14-48-27)39-35(46)29(13-15-49-10)38-34(45)28(22(3)4)20-42-26(9)18-25(8)41-42/h11-12,14,18,21-24,28-32,43H,13,15-17,19-20H2,1-10H3,(H,37,47)(H,38,45)(H,39,46)(H,40,44)/t24-,28-,29+,30+,31+,32+/m1/s1. The summed E-state index contributed by atoms with van der Waals surface area (Å²) < 4.78 is 7.11. The third kappa shape index (κ3) is 13.8. The summed E-state index contributed by atoms with van der Waals surface area (Å²) in [5.74, 6) is -1.11. The first-order valence-electron chi connectivity index (χ1n) is 17.4. The lowest BCUT2D eigenvalue weighted by Crippen LogP contribution is -2.55. The summed E-state index contributed by atoms with van der Waals surface area (Å²) in [6.45, 7) is 17.8. The lowest BCUT2D eigenvalue weighted by atomic mass is 9.91. The van der Waals surface area contributed by atoms with Crippen molar-refractivity contribution in [1.29, 1.82) is 0 Å². The number of thioether (sulfide) groups is 1. The number of carbonyl (C=O) groups excluding carboxylic acids is 4. The summed E-state index contributed by atoms with van der Waals surface area (Å²) in [4.78, 5) is 53.5. The smallest absolute Gasteiger partial charge is 0.243 e. The molecule has 0 aromatic carbocycles. The van der Waals surface area contributed by atoms with E-state index in [0.717, 1.165) is 11.4 Å². The molecule has 4 amide bonds. The zero-order valence-electron chi connectivity index (χ0n) is 31.0. The van der Waals surface area contributed by atoms with E-state index in [1.807, 2.05) is 72.4 Å². The Balaban J connectivity index is 2.11. The first-order chi connectivity index (χ1) is 23.0. The minimum Gasteiger partial charge on any atom is -0.467 e. The zero-order chi connectivity index (χ0) is 36.8. The maximum absolute atomic E-state index is 13.8. The van der Waals surface area contributed by atoms with Gasteiger partial charge in [-0.2, -0.15) is 16.9 Å². The van der Waals surface area contributed by atoms with Crippen molar-refractivity contribution >= 4 is 35.4 Å². The topological polar surface area (TPSA) is 168 Å². The van der Waals surface area contributed by atoms with Gasteiger partial charge in [-0.25, -0.2) is 0 Å². The number of carbonyl (C=O) groups is 4. The number of hydrogen-bond donors (Lipinski definition) is 5. The van der Waals surface area contributed by atoms with Crippen LogP contribution >= 0.6 is 11.8 Å². The van der Waals surface area contributed by atoms with Crippen molar-refractivity contribution in [3.05, 3.63) is 41.6 Å². The lowest BCUT2D eigenvalue weighted by Gasteiger charge is -2.30. The van der Waals surface area contributed by atoms with Crippen LogP contribution in [0.5, 0.6) is 0 Å². The van der Waals surface area contributed by atoms with Gasteiger partial charge in [0, 0.05) is 11.6 Å². The summed E-state index contributed by atoms with van der Waals surface area (Å²) in [6, 6.07) is 3.24. The molecule has 0 spiro atoms. The van der Waals surface area contributed by atoms with Gasteiger partial charge in [-0.05, 0) is 81.1 Å². The molecule has 0 bridgehead atoms. The highest BCUT2D eigenvalue weighted by Crippen LogP contribution is 2.19. The predicted molar refractivity (Wildman–Crippen MR) is 193 cm³/mol. The van der Waals surface area contributed by atoms with Crippen molar-refractivity contribution < 1.29 is 28.7 Å². The molecule has 0 unspecified atom stereocenters. The molecular weight excluding hydrogens is 644 g/mol.